The average Bonchev–Trinajstić information content (AvgIpc) is 3.13. The Morgan fingerprint density at radius 3 is 2.55 bits per heavy atom. The van der Waals surface area contributed by atoms with Crippen LogP contribution in [0.4, 0.5) is 14.5 Å². The molecule has 3 rings (SSSR count). The lowest BCUT2D eigenvalue weighted by Crippen LogP contribution is -2.26. The van der Waals surface area contributed by atoms with Crippen molar-refractivity contribution in [3.05, 3.63) is 70.5 Å². The lowest BCUT2D eigenvalue weighted by atomic mass is 10.2. The molecule has 0 bridgehead atoms. The molecule has 0 saturated heterocycles. The largest absolute Gasteiger partial charge is 0.352 e. The molecule has 2 aromatic carbocycles. The van der Waals surface area contributed by atoms with Crippen LogP contribution >= 0.6 is 23.4 Å². The van der Waals surface area contributed by atoms with Gasteiger partial charge in [0.2, 0.25) is 5.91 Å². The fraction of sp³-hybridized carbons (Fsp3) is 0.273. The summed E-state index contributed by atoms with van der Waals surface area (Å²) in [6.45, 7) is 2.17. The summed E-state index contributed by atoms with van der Waals surface area (Å²) in [7, 11) is 1.77. The first-order valence-electron chi connectivity index (χ1n) is 10.1. The predicted molar refractivity (Wildman–Crippen MR) is 123 cm³/mol. The number of aromatic nitrogens is 3. The van der Waals surface area contributed by atoms with E-state index in [1.165, 1.54) is 17.8 Å². The first kappa shape index (κ1) is 24.7. The molecule has 1 atom stereocenters. The third-order valence-electron chi connectivity index (χ3n) is 4.77. The molecular weight excluding hydrogens is 472 g/mol. The fourth-order valence-corrected chi connectivity index (χ4v) is 3.97. The highest BCUT2D eigenvalue weighted by molar-refractivity contribution is 8.00. The number of nitrogens with zero attached hydrogens (tertiary/aromatic N) is 3. The molecule has 0 aliphatic rings. The van der Waals surface area contributed by atoms with Gasteiger partial charge in [-0.3, -0.25) is 9.59 Å². The minimum atomic E-state index is -0.843. The molecule has 0 aliphatic carbocycles. The number of rotatable bonds is 9. The molecule has 0 radical (unpaired) electrons. The van der Waals surface area contributed by atoms with Gasteiger partial charge in [0.05, 0.1) is 10.9 Å². The van der Waals surface area contributed by atoms with Crippen LogP contribution in [-0.4, -0.2) is 38.4 Å². The number of hydrogen-bond donors (Lipinski definition) is 2. The Labute approximate surface area is 198 Å². The van der Waals surface area contributed by atoms with Crippen molar-refractivity contribution < 1.29 is 18.4 Å². The Hall–Kier alpha value is -2.98. The van der Waals surface area contributed by atoms with Crippen LogP contribution in [0, 0.1) is 11.6 Å². The van der Waals surface area contributed by atoms with Crippen molar-refractivity contribution in [2.75, 3.05) is 11.9 Å². The highest BCUT2D eigenvalue weighted by Crippen LogP contribution is 2.26. The van der Waals surface area contributed by atoms with Crippen molar-refractivity contribution in [3.63, 3.8) is 0 Å². The Morgan fingerprint density at radius 1 is 1.15 bits per heavy atom. The minimum Gasteiger partial charge on any atom is -0.352 e. The van der Waals surface area contributed by atoms with E-state index < -0.39 is 22.8 Å². The second-order valence-corrected chi connectivity index (χ2v) is 8.71. The van der Waals surface area contributed by atoms with Crippen LogP contribution in [0.25, 0.3) is 0 Å². The van der Waals surface area contributed by atoms with Gasteiger partial charge in [-0.2, -0.15) is 0 Å². The summed E-state index contributed by atoms with van der Waals surface area (Å²) in [5.41, 5.74) is 0.415. The van der Waals surface area contributed by atoms with Gasteiger partial charge in [0.25, 0.3) is 5.91 Å². The van der Waals surface area contributed by atoms with E-state index >= 15 is 0 Å². The Kier molecular flexibility index (Phi) is 8.40. The van der Waals surface area contributed by atoms with Crippen molar-refractivity contribution in [2.45, 2.75) is 30.2 Å². The molecule has 0 unspecified atom stereocenters. The second-order valence-electron chi connectivity index (χ2n) is 7.10. The standard InChI is InChI=1S/C22H22ClF2N5O2S/c1-3-18(21(32)27-17-9-8-15(24)12-16(17)25)33-22-29-28-19(30(22)2)10-11-26-20(31)13-4-6-14(23)7-5-13/h4-9,12,18H,3,10-11H2,1-2H3,(H,26,31)(H,27,32)/t18-/m0/s1. The molecule has 1 heterocycles. The monoisotopic (exact) mass is 493 g/mol. The van der Waals surface area contributed by atoms with Crippen molar-refractivity contribution in [1.29, 1.82) is 0 Å². The van der Waals surface area contributed by atoms with Crippen LogP contribution in [0.1, 0.15) is 29.5 Å². The Morgan fingerprint density at radius 2 is 1.88 bits per heavy atom. The van der Waals surface area contributed by atoms with E-state index in [0.29, 0.717) is 47.0 Å². The quantitative estimate of drug-likeness (QED) is 0.435. The zero-order chi connectivity index (χ0) is 24.0. The topological polar surface area (TPSA) is 88.9 Å². The average molecular weight is 494 g/mol. The molecule has 0 fully saturated rings. The predicted octanol–water partition coefficient (Wildman–Crippen LogP) is 4.23. The summed E-state index contributed by atoms with van der Waals surface area (Å²) in [6, 6.07) is 9.54. The van der Waals surface area contributed by atoms with Gasteiger partial charge in [-0.15, -0.1) is 10.2 Å². The molecule has 2 N–H and O–H groups in total. The van der Waals surface area contributed by atoms with Crippen molar-refractivity contribution in [3.8, 4) is 0 Å². The highest BCUT2D eigenvalue weighted by Gasteiger charge is 2.22. The number of carbonyl (C=O) groups is 2. The number of benzene rings is 2. The molecule has 174 valence electrons. The van der Waals surface area contributed by atoms with Gasteiger partial charge in [-0.05, 0) is 42.8 Å². The van der Waals surface area contributed by atoms with Crippen LogP contribution in [0.3, 0.4) is 0 Å². The first-order valence-corrected chi connectivity index (χ1v) is 11.4. The molecular formula is C22H22ClF2N5O2S. The van der Waals surface area contributed by atoms with Crippen molar-refractivity contribution in [1.82, 2.24) is 20.1 Å². The van der Waals surface area contributed by atoms with Gasteiger partial charge in [0, 0.05) is 36.7 Å². The van der Waals surface area contributed by atoms with Crippen LogP contribution in [0.2, 0.25) is 5.02 Å². The lowest BCUT2D eigenvalue weighted by Gasteiger charge is -2.14. The van der Waals surface area contributed by atoms with Crippen LogP contribution < -0.4 is 10.6 Å². The van der Waals surface area contributed by atoms with Gasteiger partial charge in [-0.1, -0.05) is 30.3 Å². The van der Waals surface area contributed by atoms with Gasteiger partial charge in [0.15, 0.2) is 5.16 Å². The second kappa shape index (κ2) is 11.2. The van der Waals surface area contributed by atoms with E-state index in [9.17, 15) is 18.4 Å². The highest BCUT2D eigenvalue weighted by atomic mass is 35.5. The van der Waals surface area contributed by atoms with Crippen LogP contribution in [0.15, 0.2) is 47.6 Å². The summed E-state index contributed by atoms with van der Waals surface area (Å²) >= 11 is 7.02. The number of thioether (sulfide) groups is 1. The third kappa shape index (κ3) is 6.52. The van der Waals surface area contributed by atoms with Gasteiger partial charge in [0.1, 0.15) is 17.5 Å². The van der Waals surface area contributed by atoms with E-state index in [4.69, 9.17) is 11.6 Å². The number of carbonyl (C=O) groups excluding carboxylic acids is 2. The number of anilines is 1. The van der Waals surface area contributed by atoms with E-state index in [1.54, 1.807) is 35.9 Å². The first-order chi connectivity index (χ1) is 15.8. The van der Waals surface area contributed by atoms with Gasteiger partial charge in [-0.25, -0.2) is 8.78 Å². The van der Waals surface area contributed by atoms with Crippen molar-refractivity contribution in [2.24, 2.45) is 7.05 Å². The summed E-state index contributed by atoms with van der Waals surface area (Å²) in [5.74, 6) is -1.58. The molecule has 3 aromatic rings. The summed E-state index contributed by atoms with van der Waals surface area (Å²) in [6.07, 6.45) is 0.895. The Balaban J connectivity index is 1.56. The van der Waals surface area contributed by atoms with Crippen LogP contribution in [0.5, 0.6) is 0 Å². The van der Waals surface area contributed by atoms with Gasteiger partial charge >= 0.3 is 0 Å². The maximum absolute atomic E-state index is 13.8. The molecule has 0 spiro atoms. The number of amides is 2. The molecule has 7 nitrogen and oxygen atoms in total. The fourth-order valence-electron chi connectivity index (χ4n) is 2.91. The zero-order valence-electron chi connectivity index (χ0n) is 17.9. The van der Waals surface area contributed by atoms with Gasteiger partial charge < -0.3 is 15.2 Å². The summed E-state index contributed by atoms with van der Waals surface area (Å²) in [4.78, 5) is 24.8. The molecule has 1 aromatic heterocycles. The number of nitrogens with one attached hydrogen (secondary N) is 2. The maximum Gasteiger partial charge on any atom is 0.251 e. The summed E-state index contributed by atoms with van der Waals surface area (Å²) in [5, 5.41) is 14.1. The minimum absolute atomic E-state index is 0.0875. The molecule has 11 heteroatoms. The Bertz CT molecular complexity index is 1140. The van der Waals surface area contributed by atoms with Crippen molar-refractivity contribution >= 4 is 40.9 Å². The molecule has 0 aliphatic heterocycles. The summed E-state index contributed by atoms with van der Waals surface area (Å²) < 4.78 is 28.7. The van der Waals surface area contributed by atoms with E-state index in [-0.39, 0.29) is 11.6 Å². The van der Waals surface area contributed by atoms with E-state index in [1.807, 2.05) is 6.92 Å². The third-order valence-corrected chi connectivity index (χ3v) is 6.42. The molecule has 0 saturated carbocycles. The number of hydrogen-bond acceptors (Lipinski definition) is 5. The molecule has 33 heavy (non-hydrogen) atoms. The maximum atomic E-state index is 13.8. The SMILES string of the molecule is CC[C@H](Sc1nnc(CCNC(=O)c2ccc(Cl)cc2)n1C)C(=O)Nc1ccc(F)cc1F. The lowest BCUT2D eigenvalue weighted by molar-refractivity contribution is -0.115. The smallest absolute Gasteiger partial charge is 0.251 e. The zero-order valence-corrected chi connectivity index (χ0v) is 19.5. The van der Waals surface area contributed by atoms with E-state index in [0.717, 1.165) is 6.07 Å². The normalized spacial score (nSPS) is 11.8. The van der Waals surface area contributed by atoms with E-state index in [2.05, 4.69) is 20.8 Å². The van der Waals surface area contributed by atoms with Crippen LogP contribution in [-0.2, 0) is 18.3 Å². The molecule has 2 amide bonds. The number of halogens is 3.